The SMILES string of the molecule is C[C@@H](C(=O)O)N1CC[C@@H](NC(=O)OCc2ccccc2)C1=O. The van der Waals surface area contributed by atoms with Crippen LogP contribution >= 0.6 is 0 Å². The Morgan fingerprint density at radius 3 is 2.73 bits per heavy atom. The fraction of sp³-hybridized carbons (Fsp3) is 0.400. The molecule has 0 spiro atoms. The van der Waals surface area contributed by atoms with Gasteiger partial charge in [-0.3, -0.25) is 4.79 Å². The van der Waals surface area contributed by atoms with Crippen LogP contribution in [0.2, 0.25) is 0 Å². The summed E-state index contributed by atoms with van der Waals surface area (Å²) >= 11 is 0. The molecule has 22 heavy (non-hydrogen) atoms. The van der Waals surface area contributed by atoms with Gasteiger partial charge in [-0.1, -0.05) is 30.3 Å². The molecule has 2 atom stereocenters. The van der Waals surface area contributed by atoms with E-state index in [4.69, 9.17) is 9.84 Å². The van der Waals surface area contributed by atoms with Gasteiger partial charge in [0.25, 0.3) is 0 Å². The molecule has 1 fully saturated rings. The minimum atomic E-state index is -1.07. The van der Waals surface area contributed by atoms with Gasteiger partial charge in [-0.05, 0) is 18.9 Å². The molecular formula is C15H18N2O5. The maximum absolute atomic E-state index is 12.1. The molecular weight excluding hydrogens is 288 g/mol. The number of hydrogen-bond acceptors (Lipinski definition) is 4. The fourth-order valence-electron chi connectivity index (χ4n) is 2.26. The molecule has 1 aromatic rings. The second-order valence-corrected chi connectivity index (χ2v) is 5.09. The van der Waals surface area contributed by atoms with Gasteiger partial charge >= 0.3 is 12.1 Å². The lowest BCUT2D eigenvalue weighted by Crippen LogP contribution is -2.46. The molecule has 7 heteroatoms. The van der Waals surface area contributed by atoms with Crippen LogP contribution in [0.25, 0.3) is 0 Å². The van der Waals surface area contributed by atoms with Gasteiger partial charge in [-0.2, -0.15) is 0 Å². The molecule has 1 aromatic carbocycles. The van der Waals surface area contributed by atoms with Crippen molar-refractivity contribution in [3.05, 3.63) is 35.9 Å². The van der Waals surface area contributed by atoms with Crippen LogP contribution in [0.15, 0.2) is 30.3 Å². The largest absolute Gasteiger partial charge is 0.480 e. The van der Waals surface area contributed by atoms with Crippen LogP contribution in [0.3, 0.4) is 0 Å². The third-order valence-electron chi connectivity index (χ3n) is 3.57. The maximum Gasteiger partial charge on any atom is 0.408 e. The van der Waals surface area contributed by atoms with Crippen molar-refractivity contribution in [3.8, 4) is 0 Å². The Balaban J connectivity index is 1.82. The van der Waals surface area contributed by atoms with E-state index in [9.17, 15) is 14.4 Å². The molecule has 0 bridgehead atoms. The fourth-order valence-corrected chi connectivity index (χ4v) is 2.26. The van der Waals surface area contributed by atoms with Crippen molar-refractivity contribution in [1.29, 1.82) is 0 Å². The summed E-state index contributed by atoms with van der Waals surface area (Å²) in [6.45, 7) is 1.86. The van der Waals surface area contributed by atoms with Gasteiger partial charge in [0.15, 0.2) is 0 Å². The number of carbonyl (C=O) groups is 3. The summed E-state index contributed by atoms with van der Waals surface area (Å²) in [5.74, 6) is -1.47. The summed E-state index contributed by atoms with van der Waals surface area (Å²) in [6, 6.07) is 7.54. The third-order valence-corrected chi connectivity index (χ3v) is 3.57. The van der Waals surface area contributed by atoms with E-state index in [0.717, 1.165) is 5.56 Å². The van der Waals surface area contributed by atoms with Crippen LogP contribution in [-0.4, -0.2) is 46.6 Å². The molecule has 118 valence electrons. The van der Waals surface area contributed by atoms with Crippen LogP contribution in [0.5, 0.6) is 0 Å². The van der Waals surface area contributed by atoms with E-state index in [0.29, 0.717) is 13.0 Å². The van der Waals surface area contributed by atoms with Crippen LogP contribution in [0, 0.1) is 0 Å². The number of alkyl carbamates (subject to hydrolysis) is 1. The number of carboxylic acid groups (broad SMARTS) is 1. The zero-order chi connectivity index (χ0) is 16.1. The van der Waals surface area contributed by atoms with Crippen LogP contribution < -0.4 is 5.32 Å². The minimum absolute atomic E-state index is 0.114. The highest BCUT2D eigenvalue weighted by molar-refractivity contribution is 5.90. The van der Waals surface area contributed by atoms with Crippen molar-refractivity contribution < 1.29 is 24.2 Å². The molecule has 7 nitrogen and oxygen atoms in total. The number of aliphatic carboxylic acids is 1. The molecule has 2 N–H and O–H groups in total. The Kier molecular flexibility index (Phi) is 4.98. The van der Waals surface area contributed by atoms with Gasteiger partial charge in [0.05, 0.1) is 0 Å². The number of amides is 2. The van der Waals surface area contributed by atoms with Gasteiger partial charge in [-0.15, -0.1) is 0 Å². The minimum Gasteiger partial charge on any atom is -0.480 e. The summed E-state index contributed by atoms with van der Waals surface area (Å²) in [6.07, 6.45) is -0.316. The molecule has 0 radical (unpaired) electrons. The van der Waals surface area contributed by atoms with E-state index in [1.807, 2.05) is 30.3 Å². The Bertz CT molecular complexity index is 560. The summed E-state index contributed by atoms with van der Waals surface area (Å²) in [7, 11) is 0. The number of rotatable bonds is 5. The van der Waals surface area contributed by atoms with Crippen molar-refractivity contribution in [2.24, 2.45) is 0 Å². The number of carbonyl (C=O) groups excluding carboxylic acids is 2. The Morgan fingerprint density at radius 1 is 1.41 bits per heavy atom. The summed E-state index contributed by atoms with van der Waals surface area (Å²) in [5.41, 5.74) is 0.844. The van der Waals surface area contributed by atoms with E-state index in [2.05, 4.69) is 5.32 Å². The summed E-state index contributed by atoms with van der Waals surface area (Å²) < 4.78 is 5.04. The van der Waals surface area contributed by atoms with Crippen molar-refractivity contribution in [2.45, 2.75) is 32.0 Å². The van der Waals surface area contributed by atoms with Crippen LogP contribution in [0.1, 0.15) is 18.9 Å². The first kappa shape index (κ1) is 15.8. The van der Waals surface area contributed by atoms with E-state index in [-0.39, 0.29) is 6.61 Å². The predicted molar refractivity (Wildman–Crippen MR) is 77.0 cm³/mol. The first-order valence-electron chi connectivity index (χ1n) is 6.99. The number of nitrogens with zero attached hydrogens (tertiary/aromatic N) is 1. The average Bonchev–Trinajstić information content (AvgIpc) is 2.86. The standard InChI is InChI=1S/C15H18N2O5/c1-10(14(19)20)17-8-7-12(13(17)18)16-15(21)22-9-11-5-3-2-4-6-11/h2-6,10,12H,7-9H2,1H3,(H,16,21)(H,19,20)/t10-,12+/m0/s1. The molecule has 0 unspecified atom stereocenters. The third kappa shape index (κ3) is 3.75. The number of nitrogens with one attached hydrogen (secondary N) is 1. The van der Waals surface area contributed by atoms with Crippen molar-refractivity contribution in [1.82, 2.24) is 10.2 Å². The number of benzene rings is 1. The molecule has 0 aromatic heterocycles. The molecule has 1 aliphatic rings. The van der Waals surface area contributed by atoms with E-state index in [1.165, 1.54) is 11.8 Å². The second-order valence-electron chi connectivity index (χ2n) is 5.09. The lowest BCUT2D eigenvalue weighted by Gasteiger charge is -2.21. The Morgan fingerprint density at radius 2 is 2.09 bits per heavy atom. The summed E-state index contributed by atoms with van der Waals surface area (Å²) in [4.78, 5) is 35.9. The monoisotopic (exact) mass is 306 g/mol. The Hall–Kier alpha value is -2.57. The first-order chi connectivity index (χ1) is 10.5. The number of carboxylic acids is 1. The lowest BCUT2D eigenvalue weighted by molar-refractivity contribution is -0.147. The van der Waals surface area contributed by atoms with Gasteiger partial charge in [0.2, 0.25) is 5.91 Å². The highest BCUT2D eigenvalue weighted by atomic mass is 16.5. The molecule has 0 saturated carbocycles. The van der Waals surface area contributed by atoms with Gasteiger partial charge < -0.3 is 20.1 Å². The van der Waals surface area contributed by atoms with Crippen molar-refractivity contribution >= 4 is 18.0 Å². The van der Waals surface area contributed by atoms with Gasteiger partial charge in [-0.25, -0.2) is 9.59 Å². The van der Waals surface area contributed by atoms with E-state index in [1.54, 1.807) is 0 Å². The number of ether oxygens (including phenoxy) is 1. The zero-order valence-corrected chi connectivity index (χ0v) is 12.2. The molecule has 1 saturated heterocycles. The van der Waals surface area contributed by atoms with Crippen molar-refractivity contribution in [3.63, 3.8) is 0 Å². The molecule has 0 aliphatic carbocycles. The summed E-state index contributed by atoms with van der Waals surface area (Å²) in [5, 5.41) is 11.4. The normalized spacial score (nSPS) is 18.9. The Labute approximate surface area is 127 Å². The van der Waals surface area contributed by atoms with Crippen LogP contribution in [-0.2, 0) is 20.9 Å². The lowest BCUT2D eigenvalue weighted by atomic mass is 10.2. The number of likely N-dealkylation sites (tertiary alicyclic amines) is 1. The molecule has 2 rings (SSSR count). The van der Waals surface area contributed by atoms with Gasteiger partial charge in [0.1, 0.15) is 18.7 Å². The van der Waals surface area contributed by atoms with E-state index < -0.39 is 30.1 Å². The van der Waals surface area contributed by atoms with E-state index >= 15 is 0 Å². The molecule has 1 aliphatic heterocycles. The quantitative estimate of drug-likeness (QED) is 0.845. The smallest absolute Gasteiger partial charge is 0.408 e. The second kappa shape index (κ2) is 6.93. The highest BCUT2D eigenvalue weighted by Crippen LogP contribution is 2.15. The first-order valence-corrected chi connectivity index (χ1v) is 6.99. The van der Waals surface area contributed by atoms with Crippen LogP contribution in [0.4, 0.5) is 4.79 Å². The molecule has 2 amide bonds. The molecule has 1 heterocycles. The zero-order valence-electron chi connectivity index (χ0n) is 12.2. The maximum atomic E-state index is 12.1. The van der Waals surface area contributed by atoms with Gasteiger partial charge in [0, 0.05) is 6.54 Å². The predicted octanol–water partition coefficient (Wildman–Crippen LogP) is 0.987. The topological polar surface area (TPSA) is 95.9 Å². The highest BCUT2D eigenvalue weighted by Gasteiger charge is 2.37. The number of hydrogen-bond donors (Lipinski definition) is 2. The van der Waals surface area contributed by atoms with Crippen molar-refractivity contribution in [2.75, 3.05) is 6.54 Å². The average molecular weight is 306 g/mol.